The largest absolute Gasteiger partial charge is 0.334 e. The van der Waals surface area contributed by atoms with E-state index in [0.29, 0.717) is 18.0 Å². The lowest BCUT2D eigenvalue weighted by atomic mass is 9.88. The number of carbonyl (C=O) groups excluding carboxylic acids is 2. The van der Waals surface area contributed by atoms with E-state index < -0.39 is 0 Å². The minimum absolute atomic E-state index is 0.0232. The number of nitrogens with one attached hydrogen (secondary N) is 2. The maximum Gasteiger partial charge on any atom is 0.254 e. The van der Waals surface area contributed by atoms with Crippen molar-refractivity contribution in [3.63, 3.8) is 0 Å². The van der Waals surface area contributed by atoms with E-state index in [-0.39, 0.29) is 17.7 Å². The van der Waals surface area contributed by atoms with Crippen molar-refractivity contribution in [1.29, 1.82) is 0 Å². The van der Waals surface area contributed by atoms with Crippen molar-refractivity contribution in [2.24, 2.45) is 11.8 Å². The summed E-state index contributed by atoms with van der Waals surface area (Å²) in [4.78, 5) is 28.9. The zero-order chi connectivity index (χ0) is 19.0. The first kappa shape index (κ1) is 18.2. The van der Waals surface area contributed by atoms with Crippen LogP contribution < -0.4 is 10.6 Å². The van der Waals surface area contributed by atoms with Crippen molar-refractivity contribution < 1.29 is 9.59 Å². The molecule has 4 rings (SSSR count). The minimum Gasteiger partial charge on any atom is -0.334 e. The van der Waals surface area contributed by atoms with E-state index in [9.17, 15) is 9.59 Å². The molecule has 5 nitrogen and oxygen atoms in total. The average Bonchev–Trinajstić information content (AvgIpc) is 3.09. The molecule has 0 aliphatic carbocycles. The van der Waals surface area contributed by atoms with Gasteiger partial charge in [-0.2, -0.15) is 0 Å². The summed E-state index contributed by atoms with van der Waals surface area (Å²) in [5.74, 6) is 0.416. The van der Waals surface area contributed by atoms with Crippen LogP contribution in [0.4, 0.5) is 5.69 Å². The standard InChI is InChI=1S/C21H25N3O2S/c1-13(16-10-22-11-16)20(25)23-18-5-3-4-17(14(18)2)21(26)24-8-6-19-15(12-24)7-9-27-19/h3-5,7,9,13,16,22H,6,8,10-12H2,1-2H3,(H,23,25). The number of anilines is 1. The van der Waals surface area contributed by atoms with E-state index in [2.05, 4.69) is 22.1 Å². The Labute approximate surface area is 163 Å². The van der Waals surface area contributed by atoms with Gasteiger partial charge in [-0.05, 0) is 67.1 Å². The number of hydrogen-bond acceptors (Lipinski definition) is 4. The van der Waals surface area contributed by atoms with Crippen LogP contribution in [0.3, 0.4) is 0 Å². The molecule has 1 atom stereocenters. The molecule has 0 bridgehead atoms. The van der Waals surface area contributed by atoms with Crippen LogP contribution in [0, 0.1) is 18.8 Å². The molecule has 2 amide bonds. The van der Waals surface area contributed by atoms with Gasteiger partial charge in [0.25, 0.3) is 5.91 Å². The molecule has 2 N–H and O–H groups in total. The Balaban J connectivity index is 1.50. The van der Waals surface area contributed by atoms with Crippen LogP contribution in [-0.4, -0.2) is 36.3 Å². The van der Waals surface area contributed by atoms with Crippen LogP contribution in [0.2, 0.25) is 0 Å². The Bertz CT molecular complexity index is 872. The molecule has 1 saturated heterocycles. The molecule has 1 aromatic heterocycles. The molecule has 0 spiro atoms. The third-order valence-corrected chi connectivity index (χ3v) is 6.87. The number of hydrogen-bond donors (Lipinski definition) is 2. The third-order valence-electron chi connectivity index (χ3n) is 5.85. The predicted molar refractivity (Wildman–Crippen MR) is 108 cm³/mol. The van der Waals surface area contributed by atoms with Crippen molar-refractivity contribution in [1.82, 2.24) is 10.2 Å². The van der Waals surface area contributed by atoms with Crippen LogP contribution in [0.5, 0.6) is 0 Å². The van der Waals surface area contributed by atoms with E-state index in [1.165, 1.54) is 10.4 Å². The summed E-state index contributed by atoms with van der Waals surface area (Å²) in [6.07, 6.45) is 0.918. The van der Waals surface area contributed by atoms with E-state index >= 15 is 0 Å². The maximum absolute atomic E-state index is 13.1. The first-order chi connectivity index (χ1) is 13.0. The molecule has 1 unspecified atom stereocenters. The Kier molecular flexibility index (Phi) is 5.02. The summed E-state index contributed by atoms with van der Waals surface area (Å²) in [6.45, 7) is 7.08. The predicted octanol–water partition coefficient (Wildman–Crippen LogP) is 3.05. The fourth-order valence-corrected chi connectivity index (χ4v) is 4.61. The number of nitrogens with zero attached hydrogens (tertiary/aromatic N) is 1. The molecule has 2 aliphatic heterocycles. The highest BCUT2D eigenvalue weighted by atomic mass is 32.1. The second-order valence-corrected chi connectivity index (χ2v) is 8.52. The van der Waals surface area contributed by atoms with Gasteiger partial charge in [0.1, 0.15) is 0 Å². The highest BCUT2D eigenvalue weighted by Crippen LogP contribution is 2.27. The van der Waals surface area contributed by atoms with E-state index in [1.54, 1.807) is 11.3 Å². The first-order valence-electron chi connectivity index (χ1n) is 9.50. The van der Waals surface area contributed by atoms with E-state index in [0.717, 1.165) is 37.3 Å². The van der Waals surface area contributed by atoms with Gasteiger partial charge in [0.2, 0.25) is 5.91 Å². The SMILES string of the molecule is Cc1c(NC(=O)C(C)C2CNC2)cccc1C(=O)N1CCc2sccc2C1. The second-order valence-electron chi connectivity index (χ2n) is 7.52. The zero-order valence-electron chi connectivity index (χ0n) is 15.7. The first-order valence-corrected chi connectivity index (χ1v) is 10.4. The Morgan fingerprint density at radius 1 is 1.30 bits per heavy atom. The van der Waals surface area contributed by atoms with Gasteiger partial charge in [-0.3, -0.25) is 9.59 Å². The van der Waals surface area contributed by atoms with Gasteiger partial charge in [0.15, 0.2) is 0 Å². The molecule has 2 aromatic rings. The number of rotatable bonds is 4. The number of fused-ring (bicyclic) bond motifs is 1. The quantitative estimate of drug-likeness (QED) is 0.853. The summed E-state index contributed by atoms with van der Waals surface area (Å²) in [5, 5.41) is 8.34. The van der Waals surface area contributed by atoms with Crippen LogP contribution in [0.15, 0.2) is 29.6 Å². The smallest absolute Gasteiger partial charge is 0.254 e. The van der Waals surface area contributed by atoms with Gasteiger partial charge < -0.3 is 15.5 Å². The van der Waals surface area contributed by atoms with Gasteiger partial charge in [0, 0.05) is 35.1 Å². The van der Waals surface area contributed by atoms with Gasteiger partial charge in [-0.1, -0.05) is 13.0 Å². The van der Waals surface area contributed by atoms with Crippen molar-refractivity contribution in [2.45, 2.75) is 26.8 Å². The lowest BCUT2D eigenvalue weighted by Crippen LogP contribution is -2.48. The Hall–Kier alpha value is -2.18. The fraction of sp³-hybridized carbons (Fsp3) is 0.429. The number of carbonyl (C=O) groups is 2. The van der Waals surface area contributed by atoms with Crippen LogP contribution in [0.1, 0.15) is 33.3 Å². The molecular weight excluding hydrogens is 358 g/mol. The molecule has 1 aromatic carbocycles. The summed E-state index contributed by atoms with van der Waals surface area (Å²) < 4.78 is 0. The van der Waals surface area contributed by atoms with Gasteiger partial charge >= 0.3 is 0 Å². The summed E-state index contributed by atoms with van der Waals surface area (Å²) in [6, 6.07) is 7.70. The topological polar surface area (TPSA) is 61.4 Å². The van der Waals surface area contributed by atoms with E-state index in [1.807, 2.05) is 36.9 Å². The van der Waals surface area contributed by atoms with Crippen LogP contribution >= 0.6 is 11.3 Å². The van der Waals surface area contributed by atoms with Gasteiger partial charge in [0.05, 0.1) is 0 Å². The maximum atomic E-state index is 13.1. The molecule has 0 radical (unpaired) electrons. The molecular formula is C21H25N3O2S. The number of thiophene rings is 1. The normalized spacial score (nSPS) is 17.8. The highest BCUT2D eigenvalue weighted by Gasteiger charge is 2.29. The fourth-order valence-electron chi connectivity index (χ4n) is 3.72. The molecule has 142 valence electrons. The number of benzene rings is 1. The zero-order valence-corrected chi connectivity index (χ0v) is 16.6. The number of amides is 2. The lowest BCUT2D eigenvalue weighted by molar-refractivity contribution is -0.121. The summed E-state index contributed by atoms with van der Waals surface area (Å²) >= 11 is 1.77. The van der Waals surface area contributed by atoms with Crippen molar-refractivity contribution >= 4 is 28.8 Å². The van der Waals surface area contributed by atoms with Gasteiger partial charge in [-0.25, -0.2) is 0 Å². The molecule has 0 saturated carbocycles. The Morgan fingerprint density at radius 3 is 2.85 bits per heavy atom. The average molecular weight is 384 g/mol. The van der Waals surface area contributed by atoms with Gasteiger partial charge in [-0.15, -0.1) is 11.3 Å². The molecule has 1 fully saturated rings. The minimum atomic E-state index is -0.0379. The van der Waals surface area contributed by atoms with Crippen molar-refractivity contribution in [3.05, 3.63) is 51.2 Å². The molecule has 3 heterocycles. The summed E-state index contributed by atoms with van der Waals surface area (Å²) in [5.41, 5.74) is 3.50. The molecule has 2 aliphatic rings. The third kappa shape index (κ3) is 3.51. The van der Waals surface area contributed by atoms with Crippen molar-refractivity contribution in [2.75, 3.05) is 25.0 Å². The highest BCUT2D eigenvalue weighted by molar-refractivity contribution is 7.10. The monoisotopic (exact) mass is 383 g/mol. The van der Waals surface area contributed by atoms with E-state index in [4.69, 9.17) is 0 Å². The van der Waals surface area contributed by atoms with Crippen molar-refractivity contribution in [3.8, 4) is 0 Å². The molecule has 6 heteroatoms. The van der Waals surface area contributed by atoms with Crippen LogP contribution in [-0.2, 0) is 17.8 Å². The lowest BCUT2D eigenvalue weighted by Gasteiger charge is -2.32. The molecule has 27 heavy (non-hydrogen) atoms. The summed E-state index contributed by atoms with van der Waals surface area (Å²) in [7, 11) is 0. The second kappa shape index (κ2) is 7.44. The Morgan fingerprint density at radius 2 is 2.11 bits per heavy atom. The van der Waals surface area contributed by atoms with Crippen LogP contribution in [0.25, 0.3) is 0 Å².